The summed E-state index contributed by atoms with van der Waals surface area (Å²) in [5.41, 5.74) is 1.20. The van der Waals surface area contributed by atoms with E-state index in [1.165, 1.54) is 30.4 Å². The highest BCUT2D eigenvalue weighted by atomic mass is 32.2. The van der Waals surface area contributed by atoms with E-state index >= 15 is 0 Å². The van der Waals surface area contributed by atoms with Gasteiger partial charge in [0.2, 0.25) is 15.9 Å². The molecule has 2 rings (SSSR count). The lowest BCUT2D eigenvalue weighted by Crippen LogP contribution is -2.47. The minimum atomic E-state index is -3.72. The van der Waals surface area contributed by atoms with Crippen LogP contribution in [0.3, 0.4) is 0 Å². The highest BCUT2D eigenvalue weighted by Gasteiger charge is 2.28. The van der Waals surface area contributed by atoms with Gasteiger partial charge in [-0.1, -0.05) is 0 Å². The Hall–Kier alpha value is -2.37. The van der Waals surface area contributed by atoms with E-state index in [2.05, 4.69) is 0 Å². The highest BCUT2D eigenvalue weighted by molar-refractivity contribution is 7.89. The summed E-state index contributed by atoms with van der Waals surface area (Å²) in [5, 5.41) is 9.05. The second-order valence-corrected chi connectivity index (χ2v) is 9.96. The molecule has 0 atom stereocenters. The third kappa shape index (κ3) is 6.11. The first-order valence-corrected chi connectivity index (χ1v) is 11.9. The number of hydrogen-bond acceptors (Lipinski definition) is 6. The predicted octanol–water partition coefficient (Wildman–Crippen LogP) is 1.55. The summed E-state index contributed by atoms with van der Waals surface area (Å²) < 4.78 is 37.8. The number of carbonyl (C=O) groups excluding carboxylic acids is 1. The molecule has 0 spiro atoms. The molecule has 0 saturated carbocycles. The average molecular weight is 472 g/mol. The van der Waals surface area contributed by atoms with Crippen LogP contribution in [0.1, 0.15) is 24.0 Å². The Kier molecular flexibility index (Phi) is 8.88. The van der Waals surface area contributed by atoms with Crippen molar-refractivity contribution >= 4 is 22.0 Å². The molecular formula is C21H33N3O7S. The number of amides is 2. The van der Waals surface area contributed by atoms with Gasteiger partial charge in [-0.15, -0.1) is 0 Å². The fraction of sp³-hybridized carbons (Fsp3) is 0.619. The Morgan fingerprint density at radius 1 is 1.16 bits per heavy atom. The zero-order chi connectivity index (χ0) is 24.1. The Labute approximate surface area is 189 Å². The van der Waals surface area contributed by atoms with Crippen LogP contribution in [-0.4, -0.2) is 99.7 Å². The molecule has 0 aromatic heterocycles. The molecule has 1 aliphatic rings. The van der Waals surface area contributed by atoms with Crippen molar-refractivity contribution in [1.82, 2.24) is 14.1 Å². The maximum atomic E-state index is 13.0. The molecule has 1 N–H and O–H groups in total. The molecule has 1 saturated heterocycles. The Morgan fingerprint density at radius 3 is 2.22 bits per heavy atom. The first-order chi connectivity index (χ1) is 15.0. The summed E-state index contributed by atoms with van der Waals surface area (Å²) >= 11 is 0. The fourth-order valence-corrected chi connectivity index (χ4v) is 5.37. The summed E-state index contributed by atoms with van der Waals surface area (Å²) in [6.45, 7) is 4.42. The average Bonchev–Trinajstić information content (AvgIpc) is 2.74. The second-order valence-electron chi connectivity index (χ2n) is 7.97. The molecule has 0 radical (unpaired) electrons. The first kappa shape index (κ1) is 25.9. The summed E-state index contributed by atoms with van der Waals surface area (Å²) in [7, 11) is 0.828. The van der Waals surface area contributed by atoms with Crippen LogP contribution in [0.2, 0.25) is 0 Å². The molecule has 1 aromatic rings. The largest absolute Gasteiger partial charge is 0.497 e. The van der Waals surface area contributed by atoms with Crippen LogP contribution in [-0.2, 0) is 19.6 Å². The molecule has 180 valence electrons. The molecule has 32 heavy (non-hydrogen) atoms. The normalized spacial score (nSPS) is 15.1. The van der Waals surface area contributed by atoms with Crippen LogP contribution in [0, 0.1) is 13.8 Å². The van der Waals surface area contributed by atoms with Crippen molar-refractivity contribution in [3.8, 4) is 5.75 Å². The van der Waals surface area contributed by atoms with E-state index < -0.39 is 16.1 Å². The Bertz CT molecular complexity index is 904. The molecule has 1 fully saturated rings. The van der Waals surface area contributed by atoms with Gasteiger partial charge >= 0.3 is 6.09 Å². The van der Waals surface area contributed by atoms with Gasteiger partial charge in [0.05, 0.1) is 18.6 Å². The van der Waals surface area contributed by atoms with E-state index in [0.717, 1.165) is 0 Å². The molecule has 1 aliphatic heterocycles. The number of nitrogens with zero attached hydrogens (tertiary/aromatic N) is 3. The predicted molar refractivity (Wildman–Crippen MR) is 118 cm³/mol. The number of aryl methyl sites for hydroxylation is 2. The summed E-state index contributed by atoms with van der Waals surface area (Å²) in [5.74, 6) is 0.413. The number of likely N-dealkylation sites (N-methyl/N-ethyl adjacent to an activating group) is 1. The van der Waals surface area contributed by atoms with Gasteiger partial charge in [-0.3, -0.25) is 4.79 Å². The highest BCUT2D eigenvalue weighted by Crippen LogP contribution is 2.27. The van der Waals surface area contributed by atoms with Crippen molar-refractivity contribution < 1.29 is 32.6 Å². The van der Waals surface area contributed by atoms with Crippen LogP contribution in [0.5, 0.6) is 5.75 Å². The zero-order valence-corrected chi connectivity index (χ0v) is 20.1. The van der Waals surface area contributed by atoms with Gasteiger partial charge in [0.15, 0.2) is 0 Å². The second kappa shape index (κ2) is 11.0. The van der Waals surface area contributed by atoms with E-state index in [1.54, 1.807) is 30.9 Å². The maximum absolute atomic E-state index is 13.0. The van der Waals surface area contributed by atoms with Crippen LogP contribution < -0.4 is 4.74 Å². The number of benzene rings is 1. The van der Waals surface area contributed by atoms with Crippen molar-refractivity contribution in [3.63, 3.8) is 0 Å². The zero-order valence-electron chi connectivity index (χ0n) is 19.3. The number of carboxylic acid groups (broad SMARTS) is 1. The maximum Gasteiger partial charge on any atom is 0.407 e. The number of methoxy groups -OCH3 is 1. The van der Waals surface area contributed by atoms with Crippen molar-refractivity contribution in [2.24, 2.45) is 0 Å². The molecular weight excluding hydrogens is 438 g/mol. The molecule has 1 heterocycles. The van der Waals surface area contributed by atoms with E-state index in [1.807, 2.05) is 0 Å². The number of ether oxygens (including phenoxy) is 2. The molecule has 0 unspecified atom stereocenters. The third-order valence-electron chi connectivity index (χ3n) is 5.78. The molecule has 10 nitrogen and oxygen atoms in total. The minimum absolute atomic E-state index is 0.0773. The van der Waals surface area contributed by atoms with E-state index in [-0.39, 0.29) is 36.6 Å². The van der Waals surface area contributed by atoms with Crippen molar-refractivity contribution in [2.75, 3.05) is 54.1 Å². The lowest BCUT2D eigenvalue weighted by molar-refractivity contribution is -0.137. The lowest BCUT2D eigenvalue weighted by Gasteiger charge is -2.35. The molecule has 0 aliphatic carbocycles. The van der Waals surface area contributed by atoms with Crippen LogP contribution in [0.4, 0.5) is 4.79 Å². The molecule has 1 aromatic carbocycles. The molecule has 11 heteroatoms. The Morgan fingerprint density at radius 2 is 1.72 bits per heavy atom. The van der Waals surface area contributed by atoms with Crippen molar-refractivity contribution in [3.05, 3.63) is 23.3 Å². The van der Waals surface area contributed by atoms with Gasteiger partial charge in [-0.05, 0) is 49.9 Å². The van der Waals surface area contributed by atoms with Crippen LogP contribution in [0.15, 0.2) is 17.0 Å². The van der Waals surface area contributed by atoms with Crippen LogP contribution >= 0.6 is 0 Å². The molecule has 2 amide bonds. The Balaban J connectivity index is 1.83. The number of piperidine rings is 1. The SMILES string of the molecule is COc1cc(C)c(S(=O)(=O)N(C)CCOCC(=O)N2CCC(N(C)C(=O)O)CC2)c(C)c1. The molecule has 0 bridgehead atoms. The first-order valence-electron chi connectivity index (χ1n) is 10.4. The summed E-state index contributed by atoms with van der Waals surface area (Å²) in [6.07, 6.45) is 0.184. The van der Waals surface area contributed by atoms with Gasteiger partial charge in [-0.2, -0.15) is 4.31 Å². The quantitative estimate of drug-likeness (QED) is 0.543. The lowest BCUT2D eigenvalue weighted by atomic mass is 10.0. The van der Waals surface area contributed by atoms with Gasteiger partial charge in [0.25, 0.3) is 0 Å². The van der Waals surface area contributed by atoms with Gasteiger partial charge in [0.1, 0.15) is 12.4 Å². The number of likely N-dealkylation sites (tertiary alicyclic amines) is 1. The topological polar surface area (TPSA) is 117 Å². The number of rotatable bonds is 9. The minimum Gasteiger partial charge on any atom is -0.497 e. The van der Waals surface area contributed by atoms with Gasteiger partial charge < -0.3 is 24.4 Å². The monoisotopic (exact) mass is 471 g/mol. The standard InChI is InChI=1S/C21H33N3O7S/c1-15-12-18(30-5)13-16(2)20(15)32(28,29)22(3)10-11-31-14-19(25)24-8-6-17(7-9-24)23(4)21(26)27/h12-13,17H,6-11,14H2,1-5H3,(H,26,27). The van der Waals surface area contributed by atoms with Crippen molar-refractivity contribution in [1.29, 1.82) is 0 Å². The van der Waals surface area contributed by atoms with Crippen molar-refractivity contribution in [2.45, 2.75) is 37.6 Å². The fourth-order valence-electron chi connectivity index (χ4n) is 3.81. The summed E-state index contributed by atoms with van der Waals surface area (Å²) in [6, 6.07) is 3.27. The number of carbonyl (C=O) groups is 2. The van der Waals surface area contributed by atoms with E-state index in [9.17, 15) is 18.0 Å². The number of hydrogen-bond donors (Lipinski definition) is 1. The van der Waals surface area contributed by atoms with Gasteiger partial charge in [0, 0.05) is 39.8 Å². The smallest absolute Gasteiger partial charge is 0.407 e. The summed E-state index contributed by atoms with van der Waals surface area (Å²) in [4.78, 5) is 26.6. The van der Waals surface area contributed by atoms with E-state index in [4.69, 9.17) is 14.6 Å². The van der Waals surface area contributed by atoms with Crippen LogP contribution in [0.25, 0.3) is 0 Å². The van der Waals surface area contributed by atoms with E-state index in [0.29, 0.717) is 42.8 Å². The third-order valence-corrected chi connectivity index (χ3v) is 7.94. The van der Waals surface area contributed by atoms with Gasteiger partial charge in [-0.25, -0.2) is 13.2 Å². The number of sulfonamides is 1.